The maximum Gasteiger partial charge on any atom is 0.339 e. The monoisotopic (exact) mass is 249 g/mol. The Labute approximate surface area is 106 Å². The van der Waals surface area contributed by atoms with Crippen molar-refractivity contribution in [1.29, 1.82) is 0 Å². The number of nitrogens with one attached hydrogen (secondary N) is 1. The van der Waals surface area contributed by atoms with Gasteiger partial charge in [-0.2, -0.15) is 5.10 Å². The largest absolute Gasteiger partial charge is 0.478 e. The van der Waals surface area contributed by atoms with E-state index in [0.29, 0.717) is 18.2 Å². The number of hydrogen-bond donors (Lipinski definition) is 2. The number of fused-ring (bicyclic) bond motifs is 2. The highest BCUT2D eigenvalue weighted by Crippen LogP contribution is 2.44. The molecule has 2 N–H and O–H groups in total. The molecule has 0 amide bonds. The standard InChI is InChI=1S/C13H19N3O2/c1-16-12(10(6-15-16)13(17)18)7-14-11-5-8-2-3-9(11)4-8/h6,8-9,11,14H,2-5,7H2,1H3,(H,17,18). The molecule has 2 aliphatic carbocycles. The molecule has 2 fully saturated rings. The van der Waals surface area contributed by atoms with Crippen LogP contribution in [0.5, 0.6) is 0 Å². The molecule has 3 unspecified atom stereocenters. The van der Waals surface area contributed by atoms with Gasteiger partial charge in [0, 0.05) is 19.6 Å². The lowest BCUT2D eigenvalue weighted by molar-refractivity contribution is 0.0695. The third-order valence-electron chi connectivity index (χ3n) is 4.56. The van der Waals surface area contributed by atoms with Crippen LogP contribution in [0.1, 0.15) is 41.7 Å². The first kappa shape index (κ1) is 11.7. The molecule has 2 bridgehead atoms. The summed E-state index contributed by atoms with van der Waals surface area (Å²) in [5.41, 5.74) is 1.08. The zero-order valence-corrected chi connectivity index (χ0v) is 10.6. The number of carboxylic acid groups (broad SMARTS) is 1. The molecule has 5 heteroatoms. The minimum atomic E-state index is -0.896. The van der Waals surface area contributed by atoms with Crippen LogP contribution in [0.3, 0.4) is 0 Å². The fourth-order valence-corrected chi connectivity index (χ4v) is 3.57. The minimum absolute atomic E-state index is 0.313. The number of carbonyl (C=O) groups is 1. The van der Waals surface area contributed by atoms with E-state index in [1.54, 1.807) is 11.7 Å². The summed E-state index contributed by atoms with van der Waals surface area (Å²) in [7, 11) is 1.80. The quantitative estimate of drug-likeness (QED) is 0.846. The van der Waals surface area contributed by atoms with Crippen molar-refractivity contribution in [2.75, 3.05) is 0 Å². The van der Waals surface area contributed by atoms with E-state index >= 15 is 0 Å². The first-order valence-electron chi connectivity index (χ1n) is 6.62. The van der Waals surface area contributed by atoms with Gasteiger partial charge in [0.1, 0.15) is 5.56 Å². The molecule has 0 saturated heterocycles. The maximum atomic E-state index is 11.1. The summed E-state index contributed by atoms with van der Waals surface area (Å²) in [5, 5.41) is 16.6. The normalized spacial score (nSPS) is 29.9. The van der Waals surface area contributed by atoms with E-state index in [1.807, 2.05) is 0 Å². The third-order valence-corrected chi connectivity index (χ3v) is 4.56. The lowest BCUT2D eigenvalue weighted by atomic mass is 9.95. The molecule has 1 heterocycles. The van der Waals surface area contributed by atoms with Gasteiger partial charge in [0.15, 0.2) is 0 Å². The van der Waals surface area contributed by atoms with Crippen molar-refractivity contribution in [3.8, 4) is 0 Å². The summed E-state index contributed by atoms with van der Waals surface area (Å²) in [4.78, 5) is 11.1. The van der Waals surface area contributed by atoms with Crippen LogP contribution in [0.4, 0.5) is 0 Å². The second kappa shape index (κ2) is 4.39. The summed E-state index contributed by atoms with van der Waals surface area (Å²) < 4.78 is 1.66. The van der Waals surface area contributed by atoms with Crippen molar-refractivity contribution < 1.29 is 9.90 Å². The highest BCUT2D eigenvalue weighted by Gasteiger charge is 2.39. The van der Waals surface area contributed by atoms with Crippen molar-refractivity contribution in [2.24, 2.45) is 18.9 Å². The summed E-state index contributed by atoms with van der Waals surface area (Å²) in [6, 6.07) is 0.570. The number of aromatic carboxylic acids is 1. The smallest absolute Gasteiger partial charge is 0.339 e. The van der Waals surface area contributed by atoms with E-state index in [2.05, 4.69) is 10.4 Å². The molecular formula is C13H19N3O2. The Kier molecular flexibility index (Phi) is 2.86. The van der Waals surface area contributed by atoms with Crippen molar-refractivity contribution in [3.05, 3.63) is 17.5 Å². The van der Waals surface area contributed by atoms with Gasteiger partial charge in [0.05, 0.1) is 11.9 Å². The molecule has 0 spiro atoms. The topological polar surface area (TPSA) is 67.2 Å². The molecule has 1 aromatic heterocycles. The zero-order chi connectivity index (χ0) is 12.7. The van der Waals surface area contributed by atoms with E-state index in [-0.39, 0.29) is 0 Å². The van der Waals surface area contributed by atoms with E-state index in [0.717, 1.165) is 17.5 Å². The molecule has 0 aliphatic heterocycles. The van der Waals surface area contributed by atoms with Crippen LogP contribution in [0.2, 0.25) is 0 Å². The minimum Gasteiger partial charge on any atom is -0.478 e. The molecule has 0 aromatic carbocycles. The summed E-state index contributed by atoms with van der Waals surface area (Å²) >= 11 is 0. The molecular weight excluding hydrogens is 230 g/mol. The average Bonchev–Trinajstić information content (AvgIpc) is 3.01. The molecule has 0 radical (unpaired) electrons. The van der Waals surface area contributed by atoms with Crippen LogP contribution in [0.15, 0.2) is 6.20 Å². The molecule has 5 nitrogen and oxygen atoms in total. The number of hydrogen-bond acceptors (Lipinski definition) is 3. The number of carboxylic acids is 1. The summed E-state index contributed by atoms with van der Waals surface area (Å²) in [6.07, 6.45) is 6.76. The Morgan fingerprint density at radius 1 is 1.56 bits per heavy atom. The zero-order valence-electron chi connectivity index (χ0n) is 10.6. The Morgan fingerprint density at radius 3 is 3.00 bits per heavy atom. The summed E-state index contributed by atoms with van der Waals surface area (Å²) in [5.74, 6) is 0.808. The van der Waals surface area contributed by atoms with Gasteiger partial charge in [-0.05, 0) is 31.1 Å². The number of aromatic nitrogens is 2. The van der Waals surface area contributed by atoms with E-state index in [9.17, 15) is 4.79 Å². The number of rotatable bonds is 4. The molecule has 2 saturated carbocycles. The van der Waals surface area contributed by atoms with Gasteiger partial charge in [-0.3, -0.25) is 4.68 Å². The highest BCUT2D eigenvalue weighted by atomic mass is 16.4. The lowest BCUT2D eigenvalue weighted by Gasteiger charge is -2.23. The van der Waals surface area contributed by atoms with Gasteiger partial charge in [-0.1, -0.05) is 6.42 Å². The van der Waals surface area contributed by atoms with Crippen LogP contribution in [-0.2, 0) is 13.6 Å². The second-order valence-electron chi connectivity index (χ2n) is 5.60. The fraction of sp³-hybridized carbons (Fsp3) is 0.692. The molecule has 1 aromatic rings. The number of aryl methyl sites for hydroxylation is 1. The predicted molar refractivity (Wildman–Crippen MR) is 66.2 cm³/mol. The van der Waals surface area contributed by atoms with Crippen molar-refractivity contribution in [1.82, 2.24) is 15.1 Å². The fourth-order valence-electron chi connectivity index (χ4n) is 3.57. The van der Waals surface area contributed by atoms with Crippen molar-refractivity contribution in [3.63, 3.8) is 0 Å². The van der Waals surface area contributed by atoms with Gasteiger partial charge < -0.3 is 10.4 Å². The van der Waals surface area contributed by atoms with Gasteiger partial charge in [0.2, 0.25) is 0 Å². The molecule has 18 heavy (non-hydrogen) atoms. The Hall–Kier alpha value is -1.36. The first-order valence-corrected chi connectivity index (χ1v) is 6.62. The Bertz CT molecular complexity index is 469. The molecule has 3 atom stereocenters. The molecule has 2 aliphatic rings. The molecule has 3 rings (SSSR count). The number of nitrogens with zero attached hydrogens (tertiary/aromatic N) is 2. The first-order chi connectivity index (χ1) is 8.65. The highest BCUT2D eigenvalue weighted by molar-refractivity contribution is 5.88. The SMILES string of the molecule is Cn1ncc(C(=O)O)c1CNC1CC2CCC1C2. The van der Waals surface area contributed by atoms with Gasteiger partial charge in [-0.25, -0.2) is 4.79 Å². The van der Waals surface area contributed by atoms with Crippen LogP contribution in [0, 0.1) is 11.8 Å². The molecule has 98 valence electrons. The Balaban J connectivity index is 1.66. The van der Waals surface area contributed by atoms with E-state index in [4.69, 9.17) is 5.11 Å². The van der Waals surface area contributed by atoms with Gasteiger partial charge in [0.25, 0.3) is 0 Å². The van der Waals surface area contributed by atoms with Crippen LogP contribution < -0.4 is 5.32 Å². The Morgan fingerprint density at radius 2 is 2.39 bits per heavy atom. The van der Waals surface area contributed by atoms with Crippen LogP contribution in [-0.4, -0.2) is 26.9 Å². The van der Waals surface area contributed by atoms with E-state index < -0.39 is 5.97 Å². The average molecular weight is 249 g/mol. The van der Waals surface area contributed by atoms with Crippen LogP contribution >= 0.6 is 0 Å². The maximum absolute atomic E-state index is 11.1. The second-order valence-corrected chi connectivity index (χ2v) is 5.60. The summed E-state index contributed by atoms with van der Waals surface area (Å²) in [6.45, 7) is 0.603. The van der Waals surface area contributed by atoms with E-state index in [1.165, 1.54) is 31.9 Å². The van der Waals surface area contributed by atoms with Gasteiger partial charge in [-0.15, -0.1) is 0 Å². The van der Waals surface area contributed by atoms with Crippen molar-refractivity contribution in [2.45, 2.75) is 38.3 Å². The van der Waals surface area contributed by atoms with Crippen LogP contribution in [0.25, 0.3) is 0 Å². The van der Waals surface area contributed by atoms with Crippen molar-refractivity contribution >= 4 is 5.97 Å². The third kappa shape index (κ3) is 1.92. The van der Waals surface area contributed by atoms with Gasteiger partial charge >= 0.3 is 5.97 Å². The predicted octanol–water partition coefficient (Wildman–Crippen LogP) is 1.40. The lowest BCUT2D eigenvalue weighted by Crippen LogP contribution is -2.34.